The molecule has 1 aliphatic heterocycles. The van der Waals surface area contributed by atoms with E-state index in [2.05, 4.69) is 29.2 Å². The van der Waals surface area contributed by atoms with E-state index in [1.165, 1.54) is 11.3 Å². The van der Waals surface area contributed by atoms with Crippen LogP contribution >= 0.6 is 11.3 Å². The van der Waals surface area contributed by atoms with Crippen LogP contribution in [-0.2, 0) is 4.74 Å². The van der Waals surface area contributed by atoms with Crippen molar-refractivity contribution in [2.75, 3.05) is 32.8 Å². The van der Waals surface area contributed by atoms with Crippen molar-refractivity contribution in [3.8, 4) is 5.69 Å². The Kier molecular flexibility index (Phi) is 5.99. The number of ether oxygens (including phenoxy) is 1. The Labute approximate surface area is 175 Å². The SMILES string of the molecule is Cc1nn(-c2ccccc2)c2sc(C(=O)NCC3CN(CC(C)C)CCO3)cc12. The monoisotopic (exact) mass is 412 g/mol. The second kappa shape index (κ2) is 8.65. The Morgan fingerprint density at radius 2 is 2.14 bits per heavy atom. The molecule has 1 atom stereocenters. The van der Waals surface area contributed by atoms with Gasteiger partial charge < -0.3 is 10.1 Å². The van der Waals surface area contributed by atoms with Crippen LogP contribution in [0.1, 0.15) is 29.2 Å². The molecule has 0 bridgehead atoms. The second-order valence-corrected chi connectivity index (χ2v) is 9.05. The number of carbonyl (C=O) groups is 1. The number of aryl methyl sites for hydroxylation is 1. The Morgan fingerprint density at radius 3 is 2.90 bits per heavy atom. The predicted molar refractivity (Wildman–Crippen MR) is 117 cm³/mol. The summed E-state index contributed by atoms with van der Waals surface area (Å²) < 4.78 is 7.77. The molecule has 1 saturated heterocycles. The van der Waals surface area contributed by atoms with E-state index in [0.29, 0.717) is 17.3 Å². The summed E-state index contributed by atoms with van der Waals surface area (Å²) in [6.45, 7) is 10.6. The number of thiophene rings is 1. The number of para-hydroxylation sites is 1. The Morgan fingerprint density at radius 1 is 1.34 bits per heavy atom. The number of nitrogens with zero attached hydrogens (tertiary/aromatic N) is 3. The van der Waals surface area contributed by atoms with Crippen molar-refractivity contribution in [1.29, 1.82) is 0 Å². The normalized spacial score (nSPS) is 17.9. The highest BCUT2D eigenvalue weighted by atomic mass is 32.1. The third kappa shape index (κ3) is 4.52. The third-order valence-corrected chi connectivity index (χ3v) is 6.22. The highest BCUT2D eigenvalue weighted by molar-refractivity contribution is 7.20. The molecule has 1 aliphatic rings. The summed E-state index contributed by atoms with van der Waals surface area (Å²) in [5.41, 5.74) is 1.93. The molecule has 1 N–H and O–H groups in total. The molecule has 0 spiro atoms. The molecule has 154 valence electrons. The molecule has 0 aliphatic carbocycles. The predicted octanol–water partition coefficient (Wildman–Crippen LogP) is 3.48. The van der Waals surface area contributed by atoms with Crippen LogP contribution in [0.2, 0.25) is 0 Å². The van der Waals surface area contributed by atoms with Crippen molar-refractivity contribution in [1.82, 2.24) is 20.0 Å². The van der Waals surface area contributed by atoms with Crippen LogP contribution in [0, 0.1) is 12.8 Å². The Bertz CT molecular complexity index is 980. The number of benzene rings is 1. The average molecular weight is 413 g/mol. The number of fused-ring (bicyclic) bond motifs is 1. The standard InChI is InChI=1S/C22H28N4O2S/c1-15(2)13-25-9-10-28-18(14-25)12-23-21(27)20-11-19-16(3)24-26(22(19)29-20)17-7-5-4-6-8-17/h4-8,11,15,18H,9-10,12-14H2,1-3H3,(H,23,27). The summed E-state index contributed by atoms with van der Waals surface area (Å²) >= 11 is 1.48. The molecule has 7 heteroatoms. The van der Waals surface area contributed by atoms with E-state index >= 15 is 0 Å². The first-order valence-electron chi connectivity index (χ1n) is 10.2. The minimum Gasteiger partial charge on any atom is -0.374 e. The zero-order valence-electron chi connectivity index (χ0n) is 17.2. The van der Waals surface area contributed by atoms with E-state index in [-0.39, 0.29) is 12.0 Å². The summed E-state index contributed by atoms with van der Waals surface area (Å²) in [6, 6.07) is 12.0. The molecule has 6 nitrogen and oxygen atoms in total. The van der Waals surface area contributed by atoms with Gasteiger partial charge in [-0.3, -0.25) is 9.69 Å². The van der Waals surface area contributed by atoms with Gasteiger partial charge in [-0.1, -0.05) is 32.0 Å². The number of morpholine rings is 1. The van der Waals surface area contributed by atoms with Crippen LogP contribution in [0.5, 0.6) is 0 Å². The summed E-state index contributed by atoms with van der Waals surface area (Å²) in [5, 5.41) is 8.73. The lowest BCUT2D eigenvalue weighted by Crippen LogP contribution is -2.48. The molecule has 29 heavy (non-hydrogen) atoms. The number of nitrogens with one attached hydrogen (secondary N) is 1. The van der Waals surface area contributed by atoms with E-state index in [0.717, 1.165) is 47.8 Å². The number of hydrogen-bond donors (Lipinski definition) is 1. The fraction of sp³-hybridized carbons (Fsp3) is 0.455. The van der Waals surface area contributed by atoms with Gasteiger partial charge in [-0.15, -0.1) is 11.3 Å². The average Bonchev–Trinajstić information content (AvgIpc) is 3.27. The first kappa shape index (κ1) is 20.1. The molecule has 1 aromatic carbocycles. The minimum atomic E-state index is -0.0465. The maximum Gasteiger partial charge on any atom is 0.261 e. The number of hydrogen-bond acceptors (Lipinski definition) is 5. The lowest BCUT2D eigenvalue weighted by Gasteiger charge is -2.33. The van der Waals surface area contributed by atoms with Gasteiger partial charge in [0.15, 0.2) is 0 Å². The van der Waals surface area contributed by atoms with Crippen molar-refractivity contribution in [3.05, 3.63) is 47.0 Å². The van der Waals surface area contributed by atoms with Crippen molar-refractivity contribution in [3.63, 3.8) is 0 Å². The van der Waals surface area contributed by atoms with Crippen LogP contribution in [0.25, 0.3) is 15.9 Å². The number of aromatic nitrogens is 2. The number of amides is 1. The molecular weight excluding hydrogens is 384 g/mol. The Balaban J connectivity index is 1.44. The van der Waals surface area contributed by atoms with Crippen LogP contribution in [0.3, 0.4) is 0 Å². The summed E-state index contributed by atoms with van der Waals surface area (Å²) in [5.74, 6) is 0.587. The fourth-order valence-electron chi connectivity index (χ4n) is 3.78. The van der Waals surface area contributed by atoms with Crippen molar-refractivity contribution < 1.29 is 9.53 Å². The fourth-order valence-corrected chi connectivity index (χ4v) is 4.88. The van der Waals surface area contributed by atoms with Gasteiger partial charge in [0, 0.05) is 31.6 Å². The first-order chi connectivity index (χ1) is 14.0. The molecule has 3 heterocycles. The molecule has 0 saturated carbocycles. The van der Waals surface area contributed by atoms with E-state index < -0.39 is 0 Å². The second-order valence-electron chi connectivity index (χ2n) is 8.02. The van der Waals surface area contributed by atoms with Gasteiger partial charge in [-0.05, 0) is 31.0 Å². The zero-order valence-corrected chi connectivity index (χ0v) is 18.0. The van der Waals surface area contributed by atoms with Crippen molar-refractivity contribution in [2.45, 2.75) is 26.9 Å². The largest absolute Gasteiger partial charge is 0.374 e. The third-order valence-electron chi connectivity index (χ3n) is 5.11. The van der Waals surface area contributed by atoms with Crippen LogP contribution in [-0.4, -0.2) is 59.5 Å². The van der Waals surface area contributed by atoms with E-state index in [9.17, 15) is 4.79 Å². The lowest BCUT2D eigenvalue weighted by molar-refractivity contribution is -0.0295. The molecule has 0 radical (unpaired) electrons. The van der Waals surface area contributed by atoms with Gasteiger partial charge in [-0.2, -0.15) is 5.10 Å². The number of rotatable bonds is 6. The van der Waals surface area contributed by atoms with Gasteiger partial charge in [-0.25, -0.2) is 4.68 Å². The van der Waals surface area contributed by atoms with Crippen LogP contribution in [0.4, 0.5) is 0 Å². The van der Waals surface area contributed by atoms with E-state index in [1.807, 2.05) is 48.0 Å². The zero-order chi connectivity index (χ0) is 20.4. The molecule has 4 rings (SSSR count). The maximum absolute atomic E-state index is 12.8. The van der Waals surface area contributed by atoms with Gasteiger partial charge in [0.2, 0.25) is 0 Å². The van der Waals surface area contributed by atoms with Crippen molar-refractivity contribution >= 4 is 27.5 Å². The van der Waals surface area contributed by atoms with Crippen LogP contribution in [0.15, 0.2) is 36.4 Å². The van der Waals surface area contributed by atoms with Crippen molar-refractivity contribution in [2.24, 2.45) is 5.92 Å². The lowest BCUT2D eigenvalue weighted by atomic mass is 10.2. The topological polar surface area (TPSA) is 59.4 Å². The quantitative estimate of drug-likeness (QED) is 0.673. The van der Waals surface area contributed by atoms with Gasteiger partial charge in [0.25, 0.3) is 5.91 Å². The van der Waals surface area contributed by atoms with E-state index in [4.69, 9.17) is 4.74 Å². The Hall–Kier alpha value is -2.22. The molecule has 1 amide bonds. The summed E-state index contributed by atoms with van der Waals surface area (Å²) in [4.78, 5) is 16.9. The minimum absolute atomic E-state index is 0.0439. The summed E-state index contributed by atoms with van der Waals surface area (Å²) in [7, 11) is 0. The van der Waals surface area contributed by atoms with Gasteiger partial charge in [0.05, 0.1) is 29.0 Å². The number of carbonyl (C=O) groups excluding carboxylic acids is 1. The molecule has 2 aromatic heterocycles. The molecule has 3 aromatic rings. The molecule has 1 fully saturated rings. The van der Waals surface area contributed by atoms with Crippen LogP contribution < -0.4 is 5.32 Å². The smallest absolute Gasteiger partial charge is 0.261 e. The highest BCUT2D eigenvalue weighted by Crippen LogP contribution is 2.30. The summed E-state index contributed by atoms with van der Waals surface area (Å²) in [6.07, 6.45) is 0.0439. The first-order valence-corrected chi connectivity index (χ1v) is 11.0. The molecular formula is C22H28N4O2S. The highest BCUT2D eigenvalue weighted by Gasteiger charge is 2.23. The van der Waals surface area contributed by atoms with Gasteiger partial charge >= 0.3 is 0 Å². The van der Waals surface area contributed by atoms with Gasteiger partial charge in [0.1, 0.15) is 4.83 Å². The maximum atomic E-state index is 12.8. The molecule has 1 unspecified atom stereocenters. The van der Waals surface area contributed by atoms with E-state index in [1.54, 1.807) is 0 Å².